The summed E-state index contributed by atoms with van der Waals surface area (Å²) in [6, 6.07) is 3.74. The lowest BCUT2D eigenvalue weighted by Gasteiger charge is -2.31. The molecule has 0 N–H and O–H groups in total. The quantitative estimate of drug-likeness (QED) is 0.486. The van der Waals surface area contributed by atoms with Gasteiger partial charge < -0.3 is 9.30 Å². The molecule has 4 heterocycles. The molecule has 6 rings (SSSR count). The van der Waals surface area contributed by atoms with Crippen LogP contribution in [0.4, 0.5) is 8.78 Å². The van der Waals surface area contributed by atoms with Crippen LogP contribution in [0.25, 0.3) is 5.65 Å². The topological polar surface area (TPSA) is 78.5 Å². The van der Waals surface area contributed by atoms with Gasteiger partial charge >= 0.3 is 0 Å². The van der Waals surface area contributed by atoms with Gasteiger partial charge in [-0.1, -0.05) is 0 Å². The molecule has 3 aromatic heterocycles. The number of aromatic nitrogens is 4. The molecule has 0 spiro atoms. The zero-order valence-corrected chi connectivity index (χ0v) is 21.3. The van der Waals surface area contributed by atoms with Crippen molar-refractivity contribution < 1.29 is 13.5 Å². The average molecular weight is 511 g/mol. The first kappa shape index (κ1) is 24.4. The fraction of sp³-hybridized carbons (Fsp3) is 0.571. The maximum atomic E-state index is 13.9. The summed E-state index contributed by atoms with van der Waals surface area (Å²) in [7, 11) is 0. The van der Waals surface area contributed by atoms with Gasteiger partial charge in [0.1, 0.15) is 0 Å². The third-order valence-corrected chi connectivity index (χ3v) is 8.40. The molecular formula is C28H32F2N4O3. The van der Waals surface area contributed by atoms with Crippen molar-refractivity contribution in [1.82, 2.24) is 18.9 Å². The summed E-state index contributed by atoms with van der Waals surface area (Å²) in [6.07, 6.45) is 7.26. The van der Waals surface area contributed by atoms with Crippen molar-refractivity contribution in [2.45, 2.75) is 95.1 Å². The highest BCUT2D eigenvalue weighted by Gasteiger charge is 2.37. The Hall–Kier alpha value is -2.94. The molecule has 3 fully saturated rings. The summed E-state index contributed by atoms with van der Waals surface area (Å²) >= 11 is 0. The number of alkyl halides is 2. The second-order valence-electron chi connectivity index (χ2n) is 11.0. The van der Waals surface area contributed by atoms with E-state index in [1.165, 1.54) is 0 Å². The number of hydrogen-bond acceptors (Lipinski definition) is 5. The fourth-order valence-electron chi connectivity index (χ4n) is 5.81. The minimum Gasteiger partial charge on any atom is -0.373 e. The van der Waals surface area contributed by atoms with Gasteiger partial charge in [-0.3, -0.25) is 19.0 Å². The second-order valence-corrected chi connectivity index (χ2v) is 11.0. The number of pyridine rings is 1. The first-order chi connectivity index (χ1) is 17.7. The molecular weight excluding hydrogens is 478 g/mol. The Bertz CT molecular complexity index is 1470. The molecule has 3 aromatic rings. The number of fused-ring (bicyclic) bond motifs is 1. The molecule has 0 amide bonds. The van der Waals surface area contributed by atoms with Gasteiger partial charge in [-0.15, -0.1) is 0 Å². The lowest BCUT2D eigenvalue weighted by molar-refractivity contribution is -0.0384. The SMILES string of the molecule is Cc1nc2c(C3CCC(F)(F)CC3)nc([C@@H]3CCO[C@H](c4ccc(=O)n(C5CC5)c4)C3)cn2c(=O)c1C. The number of halogens is 2. The van der Waals surface area contributed by atoms with E-state index in [9.17, 15) is 18.4 Å². The second kappa shape index (κ2) is 9.11. The third kappa shape index (κ3) is 4.62. The molecule has 0 unspecified atom stereocenters. The van der Waals surface area contributed by atoms with Crippen LogP contribution in [-0.2, 0) is 4.74 Å². The van der Waals surface area contributed by atoms with Crippen molar-refractivity contribution in [1.29, 1.82) is 0 Å². The van der Waals surface area contributed by atoms with Gasteiger partial charge in [0.05, 0.1) is 17.5 Å². The Morgan fingerprint density at radius 1 is 0.973 bits per heavy atom. The molecule has 0 aromatic carbocycles. The van der Waals surface area contributed by atoms with E-state index in [-0.39, 0.29) is 47.9 Å². The highest BCUT2D eigenvalue weighted by Crippen LogP contribution is 2.43. The lowest BCUT2D eigenvalue weighted by atomic mass is 9.84. The van der Waals surface area contributed by atoms with E-state index in [0.717, 1.165) is 30.5 Å². The van der Waals surface area contributed by atoms with Crippen molar-refractivity contribution in [3.05, 3.63) is 73.4 Å². The van der Waals surface area contributed by atoms with Gasteiger partial charge in [0, 0.05) is 67.0 Å². The van der Waals surface area contributed by atoms with Crippen molar-refractivity contribution >= 4 is 5.65 Å². The van der Waals surface area contributed by atoms with E-state index in [2.05, 4.69) is 0 Å². The van der Waals surface area contributed by atoms with Crippen LogP contribution in [-0.4, -0.2) is 31.5 Å². The summed E-state index contributed by atoms with van der Waals surface area (Å²) in [5.41, 5.74) is 3.95. The summed E-state index contributed by atoms with van der Waals surface area (Å²) in [5.74, 6) is -2.78. The van der Waals surface area contributed by atoms with Crippen LogP contribution >= 0.6 is 0 Å². The number of aryl methyl sites for hydroxylation is 1. The van der Waals surface area contributed by atoms with E-state index in [1.807, 2.05) is 16.8 Å². The largest absolute Gasteiger partial charge is 0.373 e. The molecule has 2 atom stereocenters. The van der Waals surface area contributed by atoms with Crippen LogP contribution < -0.4 is 11.1 Å². The zero-order chi connectivity index (χ0) is 25.9. The number of rotatable bonds is 4. The van der Waals surface area contributed by atoms with Crippen LogP contribution in [0.3, 0.4) is 0 Å². The van der Waals surface area contributed by atoms with E-state index >= 15 is 0 Å². The Morgan fingerprint density at radius 3 is 2.46 bits per heavy atom. The first-order valence-electron chi connectivity index (χ1n) is 13.3. The average Bonchev–Trinajstić information content (AvgIpc) is 3.73. The van der Waals surface area contributed by atoms with Gasteiger partial charge in [-0.2, -0.15) is 0 Å². The summed E-state index contributed by atoms with van der Waals surface area (Å²) in [5, 5.41) is 0. The monoisotopic (exact) mass is 510 g/mol. The highest BCUT2D eigenvalue weighted by molar-refractivity contribution is 5.48. The van der Waals surface area contributed by atoms with E-state index in [0.29, 0.717) is 48.5 Å². The molecule has 2 aliphatic carbocycles. The maximum absolute atomic E-state index is 13.9. The molecule has 1 aliphatic heterocycles. The zero-order valence-electron chi connectivity index (χ0n) is 21.3. The third-order valence-electron chi connectivity index (χ3n) is 8.40. The van der Waals surface area contributed by atoms with E-state index in [1.54, 1.807) is 30.5 Å². The molecule has 7 nitrogen and oxygen atoms in total. The highest BCUT2D eigenvalue weighted by atomic mass is 19.3. The van der Waals surface area contributed by atoms with Gasteiger partial charge in [-0.05, 0) is 64.0 Å². The summed E-state index contributed by atoms with van der Waals surface area (Å²) in [4.78, 5) is 35.3. The van der Waals surface area contributed by atoms with Crippen LogP contribution in [0.15, 0.2) is 34.1 Å². The van der Waals surface area contributed by atoms with Gasteiger partial charge in [0.2, 0.25) is 5.92 Å². The first-order valence-corrected chi connectivity index (χ1v) is 13.3. The number of nitrogens with zero attached hydrogens (tertiary/aromatic N) is 4. The maximum Gasteiger partial charge on any atom is 0.261 e. The van der Waals surface area contributed by atoms with Crippen molar-refractivity contribution in [3.8, 4) is 0 Å². The van der Waals surface area contributed by atoms with E-state index < -0.39 is 5.92 Å². The summed E-state index contributed by atoms with van der Waals surface area (Å²) < 4.78 is 37.4. The minimum absolute atomic E-state index is 0.00930. The van der Waals surface area contributed by atoms with Gasteiger partial charge in [0.25, 0.3) is 11.1 Å². The predicted molar refractivity (Wildman–Crippen MR) is 135 cm³/mol. The van der Waals surface area contributed by atoms with Gasteiger partial charge in [0.15, 0.2) is 5.65 Å². The minimum atomic E-state index is -2.65. The van der Waals surface area contributed by atoms with Crippen LogP contribution in [0.5, 0.6) is 0 Å². The van der Waals surface area contributed by atoms with E-state index in [4.69, 9.17) is 14.7 Å². The molecule has 37 heavy (non-hydrogen) atoms. The Kier molecular flexibility index (Phi) is 6.01. The van der Waals surface area contributed by atoms with Crippen molar-refractivity contribution in [3.63, 3.8) is 0 Å². The molecule has 3 aliphatic rings. The molecule has 9 heteroatoms. The molecule has 0 radical (unpaired) electrons. The Labute approximate surface area is 213 Å². The fourth-order valence-corrected chi connectivity index (χ4v) is 5.81. The number of ether oxygens (including phenoxy) is 1. The Morgan fingerprint density at radius 2 is 1.73 bits per heavy atom. The molecule has 2 saturated carbocycles. The van der Waals surface area contributed by atoms with Crippen molar-refractivity contribution in [2.75, 3.05) is 6.61 Å². The summed E-state index contributed by atoms with van der Waals surface area (Å²) in [6.45, 7) is 4.09. The molecule has 0 bridgehead atoms. The van der Waals surface area contributed by atoms with Crippen LogP contribution in [0.1, 0.15) is 104 Å². The lowest BCUT2D eigenvalue weighted by Crippen LogP contribution is -2.28. The van der Waals surface area contributed by atoms with Crippen LogP contribution in [0.2, 0.25) is 0 Å². The molecule has 1 saturated heterocycles. The van der Waals surface area contributed by atoms with Crippen LogP contribution in [0, 0.1) is 13.8 Å². The van der Waals surface area contributed by atoms with Gasteiger partial charge in [-0.25, -0.2) is 13.8 Å². The molecule has 196 valence electrons. The smallest absolute Gasteiger partial charge is 0.261 e. The Balaban J connectivity index is 1.38. The van der Waals surface area contributed by atoms with Crippen molar-refractivity contribution in [2.24, 2.45) is 0 Å². The number of hydrogen-bond donors (Lipinski definition) is 0. The standard InChI is InChI=1S/C28H32F2N4O3/c1-16-17(2)31-26-25(18-7-10-28(29,30)11-8-18)32-22(15-34(26)27(16)36)19-9-12-37-23(13-19)20-3-6-24(35)33(14-20)21-4-5-21/h3,6,14-15,18-19,21,23H,4-5,7-13H2,1-2H3/t19-,23+/m1/s1. The predicted octanol–water partition coefficient (Wildman–Crippen LogP) is 5.13. The normalized spacial score (nSPS) is 24.4.